The largest absolute Gasteiger partial charge is 0.490 e. The lowest BCUT2D eigenvalue weighted by Gasteiger charge is -2.21. The van der Waals surface area contributed by atoms with Gasteiger partial charge in [-0.25, -0.2) is 4.39 Å². The molecule has 1 nitrogen and oxygen atoms in total. The Morgan fingerprint density at radius 1 is 0.735 bits per heavy atom. The molecular weight excluding hydrogens is 426 g/mol. The highest BCUT2D eigenvalue weighted by Gasteiger charge is 2.43. The lowest BCUT2D eigenvalue weighted by Crippen LogP contribution is -2.13. The van der Waals surface area contributed by atoms with E-state index in [-0.39, 0.29) is 5.75 Å². The van der Waals surface area contributed by atoms with Crippen LogP contribution in [0, 0.1) is 35.3 Å². The van der Waals surface area contributed by atoms with Gasteiger partial charge in [0.15, 0.2) is 11.6 Å². The Bertz CT molecular complexity index is 906. The number of halogens is 2. The molecule has 0 saturated heterocycles. The highest BCUT2D eigenvalue weighted by Crippen LogP contribution is 2.53. The van der Waals surface area contributed by atoms with Gasteiger partial charge in [0.1, 0.15) is 0 Å². The number of rotatable bonds is 12. The molecule has 4 unspecified atom stereocenters. The maximum absolute atomic E-state index is 14.7. The summed E-state index contributed by atoms with van der Waals surface area (Å²) in [7, 11) is 0. The molecule has 0 heterocycles. The maximum atomic E-state index is 14.7. The molecule has 2 fully saturated rings. The predicted molar refractivity (Wildman–Crippen MR) is 137 cm³/mol. The topological polar surface area (TPSA) is 9.23 Å². The van der Waals surface area contributed by atoms with E-state index in [1.165, 1.54) is 63.4 Å². The van der Waals surface area contributed by atoms with Crippen LogP contribution >= 0.6 is 0 Å². The summed E-state index contributed by atoms with van der Waals surface area (Å²) in [5, 5.41) is 0. The van der Waals surface area contributed by atoms with Crippen LogP contribution in [0.2, 0.25) is 0 Å². The normalized spacial score (nSPS) is 23.9. The second-order valence-electron chi connectivity index (χ2n) is 10.7. The number of unbranched alkanes of at least 4 members (excludes halogenated alkanes) is 3. The zero-order chi connectivity index (χ0) is 23.9. The molecule has 2 aliphatic rings. The average molecular weight is 469 g/mol. The molecule has 0 radical (unpaired) electrons. The Labute approximate surface area is 205 Å². The van der Waals surface area contributed by atoms with E-state index < -0.39 is 11.6 Å². The third kappa shape index (κ3) is 5.83. The highest BCUT2D eigenvalue weighted by molar-refractivity contribution is 5.65. The van der Waals surface area contributed by atoms with E-state index in [2.05, 4.69) is 19.1 Å². The summed E-state index contributed by atoms with van der Waals surface area (Å²) in [4.78, 5) is 0. The van der Waals surface area contributed by atoms with Crippen molar-refractivity contribution in [1.82, 2.24) is 0 Å². The fraction of sp³-hybridized carbons (Fsp3) is 0.613. The zero-order valence-corrected chi connectivity index (χ0v) is 21.1. The van der Waals surface area contributed by atoms with Crippen LogP contribution in [0.3, 0.4) is 0 Å². The van der Waals surface area contributed by atoms with Gasteiger partial charge in [0.05, 0.1) is 6.61 Å². The van der Waals surface area contributed by atoms with Gasteiger partial charge in [-0.15, -0.1) is 0 Å². The number of benzene rings is 2. The number of ether oxygens (including phenoxy) is 1. The van der Waals surface area contributed by atoms with Crippen LogP contribution in [0.5, 0.6) is 5.75 Å². The molecule has 0 spiro atoms. The minimum atomic E-state index is -0.891. The van der Waals surface area contributed by atoms with Crippen LogP contribution < -0.4 is 4.74 Å². The minimum Gasteiger partial charge on any atom is -0.490 e. The molecule has 0 aliphatic heterocycles. The SMILES string of the molecule is CCCCCC1CCC2C(CCc3ccc(-c4ccc(OCCCC)c(F)c4F)cc3)CCC12. The molecule has 34 heavy (non-hydrogen) atoms. The fourth-order valence-electron chi connectivity index (χ4n) is 6.61. The van der Waals surface area contributed by atoms with Gasteiger partial charge < -0.3 is 4.74 Å². The lowest BCUT2D eigenvalue weighted by molar-refractivity contribution is 0.289. The van der Waals surface area contributed by atoms with Crippen LogP contribution in [-0.4, -0.2) is 6.61 Å². The quantitative estimate of drug-likeness (QED) is 0.282. The van der Waals surface area contributed by atoms with Crippen LogP contribution in [0.4, 0.5) is 8.78 Å². The van der Waals surface area contributed by atoms with Crippen molar-refractivity contribution in [2.45, 2.75) is 90.9 Å². The second-order valence-corrected chi connectivity index (χ2v) is 10.7. The third-order valence-electron chi connectivity index (χ3n) is 8.55. The van der Waals surface area contributed by atoms with Crippen LogP contribution in [0.15, 0.2) is 36.4 Å². The molecule has 0 bridgehead atoms. The minimum absolute atomic E-state index is 0.000651. The van der Waals surface area contributed by atoms with Gasteiger partial charge in [-0.05, 0) is 91.9 Å². The van der Waals surface area contributed by atoms with Crippen LogP contribution in [0.1, 0.15) is 90.0 Å². The summed E-state index contributed by atoms with van der Waals surface area (Å²) in [5.74, 6) is 2.07. The first-order chi connectivity index (χ1) is 16.6. The molecule has 3 heteroatoms. The van der Waals surface area contributed by atoms with Crippen LogP contribution in [0.25, 0.3) is 11.1 Å². The van der Waals surface area contributed by atoms with Crippen molar-refractivity contribution in [3.8, 4) is 16.9 Å². The first-order valence-corrected chi connectivity index (χ1v) is 13.8. The van der Waals surface area contributed by atoms with Gasteiger partial charge in [-0.2, -0.15) is 4.39 Å². The van der Waals surface area contributed by atoms with Crippen molar-refractivity contribution < 1.29 is 13.5 Å². The second kappa shape index (κ2) is 12.2. The molecule has 2 saturated carbocycles. The summed E-state index contributed by atoms with van der Waals surface area (Å²) in [6.07, 6.45) is 15.4. The summed E-state index contributed by atoms with van der Waals surface area (Å²) >= 11 is 0. The first-order valence-electron chi connectivity index (χ1n) is 13.8. The van der Waals surface area contributed by atoms with E-state index in [0.717, 1.165) is 42.9 Å². The molecule has 0 N–H and O–H groups in total. The van der Waals surface area contributed by atoms with Crippen molar-refractivity contribution in [2.24, 2.45) is 23.7 Å². The fourth-order valence-corrected chi connectivity index (χ4v) is 6.61. The molecule has 4 atom stereocenters. The molecule has 2 aliphatic carbocycles. The average Bonchev–Trinajstić information content (AvgIpc) is 3.44. The Morgan fingerprint density at radius 2 is 1.41 bits per heavy atom. The van der Waals surface area contributed by atoms with Crippen molar-refractivity contribution in [3.63, 3.8) is 0 Å². The van der Waals surface area contributed by atoms with E-state index in [1.54, 1.807) is 12.1 Å². The van der Waals surface area contributed by atoms with Gasteiger partial charge in [0.25, 0.3) is 0 Å². The number of fused-ring (bicyclic) bond motifs is 1. The number of hydrogen-bond acceptors (Lipinski definition) is 1. The Kier molecular flexibility index (Phi) is 9.03. The molecule has 186 valence electrons. The predicted octanol–water partition coefficient (Wildman–Crippen LogP) is 9.38. The van der Waals surface area contributed by atoms with Crippen molar-refractivity contribution in [1.29, 1.82) is 0 Å². The van der Waals surface area contributed by atoms with Gasteiger partial charge in [-0.3, -0.25) is 0 Å². The zero-order valence-electron chi connectivity index (χ0n) is 21.1. The standard InChI is InChI=1S/C31H42F2O/c1-3-5-7-8-23-15-17-27-24(16-18-26(23)27)12-9-22-10-13-25(14-11-22)28-19-20-29(31(33)30(28)32)34-21-6-4-2/h10-11,13-14,19-20,23-24,26-27H,3-9,12,15-18,21H2,1-2H3. The smallest absolute Gasteiger partial charge is 0.201 e. The van der Waals surface area contributed by atoms with E-state index in [9.17, 15) is 8.78 Å². The van der Waals surface area contributed by atoms with Crippen molar-refractivity contribution in [2.75, 3.05) is 6.61 Å². The van der Waals surface area contributed by atoms with Crippen molar-refractivity contribution >= 4 is 0 Å². The highest BCUT2D eigenvalue weighted by atomic mass is 19.2. The summed E-state index contributed by atoms with van der Waals surface area (Å²) in [6.45, 7) is 4.74. The first kappa shape index (κ1) is 25.2. The molecule has 0 aromatic heterocycles. The summed E-state index contributed by atoms with van der Waals surface area (Å²) in [5.41, 5.74) is 2.31. The molecule has 4 rings (SSSR count). The summed E-state index contributed by atoms with van der Waals surface area (Å²) < 4.78 is 34.6. The van der Waals surface area contributed by atoms with E-state index in [1.807, 2.05) is 19.1 Å². The van der Waals surface area contributed by atoms with Crippen LogP contribution in [-0.2, 0) is 6.42 Å². The van der Waals surface area contributed by atoms with Gasteiger partial charge >= 0.3 is 0 Å². The summed E-state index contributed by atoms with van der Waals surface area (Å²) in [6, 6.07) is 11.2. The third-order valence-corrected chi connectivity index (χ3v) is 8.55. The van der Waals surface area contributed by atoms with E-state index >= 15 is 0 Å². The van der Waals surface area contributed by atoms with E-state index in [4.69, 9.17) is 4.74 Å². The molecule has 2 aromatic rings. The number of hydrogen-bond donors (Lipinski definition) is 0. The van der Waals surface area contributed by atoms with Gasteiger partial charge in [-0.1, -0.05) is 70.2 Å². The monoisotopic (exact) mass is 468 g/mol. The maximum Gasteiger partial charge on any atom is 0.201 e. The van der Waals surface area contributed by atoms with Crippen molar-refractivity contribution in [3.05, 3.63) is 53.6 Å². The molecular formula is C31H42F2O. The van der Waals surface area contributed by atoms with Gasteiger partial charge in [0, 0.05) is 5.56 Å². The Morgan fingerprint density at radius 3 is 2.09 bits per heavy atom. The number of aryl methyl sites for hydroxylation is 1. The Hall–Kier alpha value is -1.90. The van der Waals surface area contributed by atoms with Gasteiger partial charge in [0.2, 0.25) is 5.82 Å². The lowest BCUT2D eigenvalue weighted by atomic mass is 9.84. The van der Waals surface area contributed by atoms with E-state index in [0.29, 0.717) is 17.7 Å². The molecule has 0 amide bonds. The molecule has 2 aromatic carbocycles. The Balaban J connectivity index is 1.31.